The Kier molecular flexibility index (Phi) is 6.46. The summed E-state index contributed by atoms with van der Waals surface area (Å²) < 4.78 is 5.88. The van der Waals surface area contributed by atoms with Gasteiger partial charge in [0.05, 0.1) is 6.61 Å². The quantitative estimate of drug-likeness (QED) is 0.427. The van der Waals surface area contributed by atoms with Crippen molar-refractivity contribution in [3.63, 3.8) is 0 Å². The number of carboxylic acid groups (broad SMARTS) is 1. The Balaban J connectivity index is 2.21. The van der Waals surface area contributed by atoms with Crippen LogP contribution in [0.5, 0.6) is 0 Å². The lowest BCUT2D eigenvalue weighted by atomic mass is 9.78. The first-order valence-corrected chi connectivity index (χ1v) is 9.59. The minimum atomic E-state index is -2.21. The molecular formula is C19H18ClN3O9. The largest absolute Gasteiger partial charge is 0.481 e. The fourth-order valence-electron chi connectivity index (χ4n) is 3.60. The smallest absolute Gasteiger partial charge is 0.313 e. The predicted octanol–water partition coefficient (Wildman–Crippen LogP) is 3.21. The van der Waals surface area contributed by atoms with Crippen LogP contribution in [-0.4, -0.2) is 32.8 Å². The van der Waals surface area contributed by atoms with Crippen molar-refractivity contribution in [1.82, 2.24) is 4.98 Å². The van der Waals surface area contributed by atoms with Gasteiger partial charge in [-0.3, -0.25) is 9.78 Å². The second-order valence-electron chi connectivity index (χ2n) is 7.37. The highest BCUT2D eigenvalue weighted by atomic mass is 35.5. The third-order valence-corrected chi connectivity index (χ3v) is 5.52. The van der Waals surface area contributed by atoms with Crippen molar-refractivity contribution >= 4 is 17.6 Å². The topological polar surface area (TPSA) is 164 Å². The second kappa shape index (κ2) is 8.93. The number of aryl methyl sites for hydroxylation is 1. The third kappa shape index (κ3) is 4.41. The van der Waals surface area contributed by atoms with Crippen molar-refractivity contribution in [3.05, 3.63) is 83.7 Å². The maximum Gasteiger partial charge on any atom is 0.313 e. The normalized spacial score (nSPS) is 17.7. The zero-order chi connectivity index (χ0) is 23.6. The molecule has 1 aliphatic rings. The Morgan fingerprint density at radius 1 is 1.34 bits per heavy atom. The van der Waals surface area contributed by atoms with E-state index in [1.807, 2.05) is 0 Å². The molecule has 12 nitrogen and oxygen atoms in total. The fourth-order valence-corrected chi connectivity index (χ4v) is 3.73. The monoisotopic (exact) mass is 467 g/mol. The van der Waals surface area contributed by atoms with Crippen molar-refractivity contribution in [2.45, 2.75) is 32.7 Å². The molecule has 0 fully saturated rings. The molecular weight excluding hydrogens is 450 g/mol. The highest BCUT2D eigenvalue weighted by Gasteiger charge is 2.49. The first kappa shape index (κ1) is 23.2. The number of fused-ring (bicyclic) bond motifs is 1. The lowest BCUT2D eigenvalue weighted by molar-refractivity contribution is -0.781. The van der Waals surface area contributed by atoms with Gasteiger partial charge < -0.3 is 19.5 Å². The maximum absolute atomic E-state index is 12.2. The number of ether oxygens (including phenoxy) is 1. The van der Waals surface area contributed by atoms with E-state index in [-0.39, 0.29) is 17.9 Å². The lowest BCUT2D eigenvalue weighted by Gasteiger charge is -2.33. The van der Waals surface area contributed by atoms with Crippen molar-refractivity contribution in [2.75, 3.05) is 6.61 Å². The first-order chi connectivity index (χ1) is 15.0. The van der Waals surface area contributed by atoms with Gasteiger partial charge in [0, 0.05) is 28.0 Å². The third-order valence-electron chi connectivity index (χ3n) is 5.27. The van der Waals surface area contributed by atoms with Gasteiger partial charge in [0.25, 0.3) is 10.2 Å². The van der Waals surface area contributed by atoms with Crippen LogP contribution in [0.2, 0.25) is 5.02 Å². The number of hydrogen-bond acceptors (Lipinski definition) is 9. The van der Waals surface area contributed by atoms with Gasteiger partial charge in [-0.15, -0.1) is 20.2 Å². The summed E-state index contributed by atoms with van der Waals surface area (Å²) >= 11 is 5.96. The molecule has 0 radical (unpaired) electrons. The van der Waals surface area contributed by atoms with Crippen LogP contribution in [-0.2, 0) is 25.8 Å². The summed E-state index contributed by atoms with van der Waals surface area (Å²) in [6, 6.07) is 6.70. The summed E-state index contributed by atoms with van der Waals surface area (Å²) in [5.74, 6) is -1.59. The number of aromatic nitrogens is 1. The summed E-state index contributed by atoms with van der Waals surface area (Å²) in [5.41, 5.74) is -0.194. The van der Waals surface area contributed by atoms with Gasteiger partial charge in [-0.25, -0.2) is 0 Å². The number of pyridine rings is 1. The molecule has 3 atom stereocenters. The minimum Gasteiger partial charge on any atom is -0.481 e. The van der Waals surface area contributed by atoms with Crippen LogP contribution in [0.15, 0.2) is 30.5 Å². The Bertz CT molecular complexity index is 1060. The van der Waals surface area contributed by atoms with E-state index in [4.69, 9.17) is 21.2 Å². The van der Waals surface area contributed by atoms with Crippen molar-refractivity contribution in [3.8, 4) is 0 Å². The molecule has 3 rings (SSSR count). The molecule has 1 aliphatic heterocycles. The molecule has 32 heavy (non-hydrogen) atoms. The number of benzene rings is 1. The molecule has 0 bridgehead atoms. The molecule has 2 aromatic rings. The maximum atomic E-state index is 12.2. The van der Waals surface area contributed by atoms with Gasteiger partial charge in [-0.1, -0.05) is 23.7 Å². The zero-order valence-electron chi connectivity index (χ0n) is 16.9. The van der Waals surface area contributed by atoms with E-state index in [2.05, 4.69) is 9.82 Å². The summed E-state index contributed by atoms with van der Waals surface area (Å²) in [6.45, 7) is 1.71. The van der Waals surface area contributed by atoms with Crippen LogP contribution in [0.3, 0.4) is 0 Å². The van der Waals surface area contributed by atoms with Crippen molar-refractivity contribution in [2.24, 2.45) is 5.41 Å². The van der Waals surface area contributed by atoms with Gasteiger partial charge >= 0.3 is 5.97 Å². The molecule has 1 N–H and O–H groups in total. The van der Waals surface area contributed by atoms with E-state index in [1.54, 1.807) is 24.3 Å². The summed E-state index contributed by atoms with van der Waals surface area (Å²) in [4.78, 5) is 47.6. The standard InChI is InChI=1S/C19H18ClN3O9/c1-10-14(17(32-23(28)29)19(2,18(24)25)9-31-22(26)27)15-12(7-21-10)8-30-16(15)11-3-5-13(20)6-4-11/h3-7,16-17H,8-9H2,1-2H3,(H,24,25). The van der Waals surface area contributed by atoms with Crippen LogP contribution in [0.25, 0.3) is 0 Å². The molecule has 0 saturated carbocycles. The minimum absolute atomic E-state index is 0.0912. The average molecular weight is 468 g/mol. The number of nitrogens with zero attached hydrogens (tertiary/aromatic N) is 3. The van der Waals surface area contributed by atoms with Crippen molar-refractivity contribution in [1.29, 1.82) is 0 Å². The molecule has 2 heterocycles. The van der Waals surface area contributed by atoms with Gasteiger partial charge in [-0.05, 0) is 37.1 Å². The Hall–Kier alpha value is -3.51. The van der Waals surface area contributed by atoms with Crippen LogP contribution in [0.1, 0.15) is 47.1 Å². The van der Waals surface area contributed by atoms with Gasteiger partial charge in [0.1, 0.15) is 18.1 Å². The number of rotatable bonds is 9. The van der Waals surface area contributed by atoms with E-state index in [0.717, 1.165) is 6.92 Å². The molecule has 13 heteroatoms. The number of carboxylic acids is 1. The van der Waals surface area contributed by atoms with E-state index in [0.29, 0.717) is 21.7 Å². The van der Waals surface area contributed by atoms with Crippen molar-refractivity contribution < 1.29 is 34.5 Å². The highest BCUT2D eigenvalue weighted by molar-refractivity contribution is 6.30. The average Bonchev–Trinajstić information content (AvgIpc) is 3.15. The van der Waals surface area contributed by atoms with E-state index >= 15 is 0 Å². The van der Waals surface area contributed by atoms with E-state index < -0.39 is 40.4 Å². The van der Waals surface area contributed by atoms with E-state index in [1.165, 1.54) is 13.1 Å². The van der Waals surface area contributed by atoms with Crippen LogP contribution in [0.4, 0.5) is 0 Å². The molecule has 0 saturated heterocycles. The molecule has 1 aromatic carbocycles. The summed E-state index contributed by atoms with van der Waals surface area (Å²) in [6.07, 6.45) is -0.973. The fraction of sp³-hybridized carbons (Fsp3) is 0.368. The van der Waals surface area contributed by atoms with Crippen LogP contribution >= 0.6 is 11.6 Å². The Labute approximate surface area is 185 Å². The summed E-state index contributed by atoms with van der Waals surface area (Å²) in [5, 5.41) is 30.1. The van der Waals surface area contributed by atoms with Crippen LogP contribution in [0, 0.1) is 32.6 Å². The molecule has 3 unspecified atom stereocenters. The zero-order valence-corrected chi connectivity index (χ0v) is 17.6. The predicted molar refractivity (Wildman–Crippen MR) is 107 cm³/mol. The van der Waals surface area contributed by atoms with Gasteiger partial charge in [0.15, 0.2) is 6.10 Å². The molecule has 0 spiro atoms. The van der Waals surface area contributed by atoms with Crippen LogP contribution < -0.4 is 0 Å². The summed E-state index contributed by atoms with van der Waals surface area (Å²) in [7, 11) is 0. The number of hydrogen-bond donors (Lipinski definition) is 1. The van der Waals surface area contributed by atoms with E-state index in [9.17, 15) is 30.1 Å². The molecule has 0 aliphatic carbocycles. The van der Waals surface area contributed by atoms with Gasteiger partial charge in [0.2, 0.25) is 0 Å². The SMILES string of the molecule is Cc1ncc2c(c1C(O[N+](=O)[O-])C(C)(CO[N+](=O)[O-])C(=O)O)C(c1ccc(Cl)cc1)OC2. The Morgan fingerprint density at radius 2 is 2.00 bits per heavy atom. The number of aliphatic carboxylic acids is 1. The highest BCUT2D eigenvalue weighted by Crippen LogP contribution is 2.47. The lowest BCUT2D eigenvalue weighted by Crippen LogP contribution is -2.42. The molecule has 0 amide bonds. The molecule has 1 aromatic heterocycles. The molecule has 170 valence electrons. The number of carbonyl (C=O) groups is 1. The number of halogens is 1. The van der Waals surface area contributed by atoms with Gasteiger partial charge in [-0.2, -0.15) is 0 Å². The Morgan fingerprint density at radius 3 is 2.56 bits per heavy atom. The first-order valence-electron chi connectivity index (χ1n) is 9.21. The second-order valence-corrected chi connectivity index (χ2v) is 7.80.